The van der Waals surface area contributed by atoms with Crippen LogP contribution in [0.1, 0.15) is 36.0 Å². The van der Waals surface area contributed by atoms with Gasteiger partial charge in [0.1, 0.15) is 5.69 Å². The van der Waals surface area contributed by atoms with E-state index in [9.17, 15) is 14.9 Å². The van der Waals surface area contributed by atoms with Gasteiger partial charge in [-0.3, -0.25) is 14.9 Å². The molecule has 1 aromatic rings. The van der Waals surface area contributed by atoms with Gasteiger partial charge in [0.15, 0.2) is 0 Å². The fraction of sp³-hybridized carbons (Fsp3) is 0.500. The van der Waals surface area contributed by atoms with E-state index in [4.69, 9.17) is 10.5 Å². The topological polar surface area (TPSA) is 107 Å². The molecule has 3 N–H and O–H groups in total. The second-order valence-corrected chi connectivity index (χ2v) is 5.06. The Morgan fingerprint density at radius 3 is 2.90 bits per heavy atom. The molecule has 1 aromatic carbocycles. The highest BCUT2D eigenvalue weighted by Crippen LogP contribution is 2.26. The van der Waals surface area contributed by atoms with Crippen LogP contribution >= 0.6 is 0 Å². The van der Waals surface area contributed by atoms with Crippen molar-refractivity contribution in [3.63, 3.8) is 0 Å². The molecule has 1 unspecified atom stereocenters. The largest absolute Gasteiger partial charge is 0.379 e. The molecule has 1 fully saturated rings. The number of nitrogens with two attached hydrogens (primary N) is 1. The molecule has 1 aliphatic heterocycles. The van der Waals surface area contributed by atoms with Gasteiger partial charge in [0.05, 0.1) is 11.0 Å². The lowest BCUT2D eigenvalue weighted by atomic mass is 10.1. The summed E-state index contributed by atoms with van der Waals surface area (Å²) < 4.78 is 5.61. The molecule has 0 aromatic heterocycles. The van der Waals surface area contributed by atoms with Gasteiger partial charge in [-0.2, -0.15) is 0 Å². The first-order valence-corrected chi connectivity index (χ1v) is 7.01. The molecule has 7 heteroatoms. The molecular formula is C14H19N3O4. The summed E-state index contributed by atoms with van der Waals surface area (Å²) in [6, 6.07) is 4.19. The Morgan fingerprint density at radius 2 is 2.29 bits per heavy atom. The first-order chi connectivity index (χ1) is 10.1. The van der Waals surface area contributed by atoms with E-state index in [-0.39, 0.29) is 17.4 Å². The molecule has 2 rings (SSSR count). The van der Waals surface area contributed by atoms with Gasteiger partial charge in [0, 0.05) is 24.8 Å². The van der Waals surface area contributed by atoms with Crippen LogP contribution in [0.25, 0.3) is 0 Å². The Kier molecular flexibility index (Phi) is 5.10. The molecule has 0 spiro atoms. The van der Waals surface area contributed by atoms with Crippen molar-refractivity contribution >= 4 is 17.3 Å². The molecule has 0 saturated carbocycles. The van der Waals surface area contributed by atoms with Crippen molar-refractivity contribution < 1.29 is 14.5 Å². The monoisotopic (exact) mass is 293 g/mol. The number of hydrogen-bond acceptors (Lipinski definition) is 5. The molecule has 1 saturated heterocycles. The SMILES string of the molecule is NC(=O)c1ccc(NCCC2CCCCO2)c([N+](=O)[O-])c1. The molecular weight excluding hydrogens is 274 g/mol. The number of primary amides is 1. The highest BCUT2D eigenvalue weighted by molar-refractivity contribution is 5.94. The maximum absolute atomic E-state index is 11.1. The highest BCUT2D eigenvalue weighted by atomic mass is 16.6. The van der Waals surface area contributed by atoms with Crippen LogP contribution in [0.5, 0.6) is 0 Å². The van der Waals surface area contributed by atoms with Crippen LogP contribution in [0.15, 0.2) is 18.2 Å². The van der Waals surface area contributed by atoms with Gasteiger partial charge in [-0.25, -0.2) is 0 Å². The number of nitro benzene ring substituents is 1. The summed E-state index contributed by atoms with van der Waals surface area (Å²) in [6.45, 7) is 1.37. The number of nitrogens with one attached hydrogen (secondary N) is 1. The van der Waals surface area contributed by atoms with Gasteiger partial charge < -0.3 is 15.8 Å². The summed E-state index contributed by atoms with van der Waals surface area (Å²) >= 11 is 0. The highest BCUT2D eigenvalue weighted by Gasteiger charge is 2.17. The Morgan fingerprint density at radius 1 is 1.48 bits per heavy atom. The Hall–Kier alpha value is -2.15. The zero-order chi connectivity index (χ0) is 15.2. The van der Waals surface area contributed by atoms with Crippen LogP contribution in [-0.2, 0) is 4.74 Å². The zero-order valence-electron chi connectivity index (χ0n) is 11.7. The predicted octanol–water partition coefficient (Wildman–Crippen LogP) is 2.06. The molecule has 0 bridgehead atoms. The quantitative estimate of drug-likeness (QED) is 0.616. The van der Waals surface area contributed by atoms with Crippen molar-refractivity contribution in [1.29, 1.82) is 0 Å². The van der Waals surface area contributed by atoms with Crippen LogP contribution in [-0.4, -0.2) is 30.1 Å². The Bertz CT molecular complexity index is 527. The van der Waals surface area contributed by atoms with Gasteiger partial charge in [0.25, 0.3) is 5.69 Å². The average molecular weight is 293 g/mol. The summed E-state index contributed by atoms with van der Waals surface area (Å²) in [5.74, 6) is -0.680. The first kappa shape index (κ1) is 15.2. The Labute approximate surface area is 122 Å². The number of carbonyl (C=O) groups is 1. The summed E-state index contributed by atoms with van der Waals surface area (Å²) in [5, 5.41) is 14.1. The molecule has 114 valence electrons. The second kappa shape index (κ2) is 7.03. The van der Waals surface area contributed by atoms with E-state index in [0.717, 1.165) is 32.3 Å². The van der Waals surface area contributed by atoms with Gasteiger partial charge in [-0.05, 0) is 37.8 Å². The van der Waals surface area contributed by atoms with E-state index in [0.29, 0.717) is 12.2 Å². The van der Waals surface area contributed by atoms with Crippen LogP contribution in [0.3, 0.4) is 0 Å². The van der Waals surface area contributed by atoms with Crippen molar-refractivity contribution in [2.45, 2.75) is 31.8 Å². The number of rotatable bonds is 6. The maximum atomic E-state index is 11.1. The lowest BCUT2D eigenvalue weighted by Gasteiger charge is -2.22. The third-order valence-corrected chi connectivity index (χ3v) is 3.53. The number of benzene rings is 1. The second-order valence-electron chi connectivity index (χ2n) is 5.06. The van der Waals surface area contributed by atoms with Crippen molar-refractivity contribution in [2.24, 2.45) is 5.73 Å². The van der Waals surface area contributed by atoms with Gasteiger partial charge in [-0.15, -0.1) is 0 Å². The minimum absolute atomic E-state index is 0.128. The molecule has 1 heterocycles. The molecule has 1 amide bonds. The standard InChI is InChI=1S/C14H19N3O4/c15-14(18)10-4-5-12(13(9-10)17(19)20)16-7-6-11-3-1-2-8-21-11/h4-5,9,11,16H,1-3,6-8H2,(H2,15,18). The van der Waals surface area contributed by atoms with E-state index in [1.165, 1.54) is 18.2 Å². The van der Waals surface area contributed by atoms with E-state index < -0.39 is 10.8 Å². The number of ether oxygens (including phenoxy) is 1. The van der Waals surface area contributed by atoms with Crippen molar-refractivity contribution in [3.8, 4) is 0 Å². The normalized spacial score (nSPS) is 18.2. The number of nitro groups is 1. The molecule has 0 aliphatic carbocycles. The molecule has 7 nitrogen and oxygen atoms in total. The molecule has 0 radical (unpaired) electrons. The third-order valence-electron chi connectivity index (χ3n) is 3.53. The van der Waals surface area contributed by atoms with Gasteiger partial charge >= 0.3 is 0 Å². The van der Waals surface area contributed by atoms with Gasteiger partial charge in [0.2, 0.25) is 5.91 Å². The number of anilines is 1. The van der Waals surface area contributed by atoms with Crippen LogP contribution in [0.4, 0.5) is 11.4 Å². The summed E-state index contributed by atoms with van der Waals surface area (Å²) in [5.41, 5.74) is 5.51. The van der Waals surface area contributed by atoms with Crippen LogP contribution in [0, 0.1) is 10.1 Å². The van der Waals surface area contributed by atoms with E-state index in [2.05, 4.69) is 5.32 Å². The van der Waals surface area contributed by atoms with E-state index in [1.807, 2.05) is 0 Å². The Balaban J connectivity index is 1.98. The lowest BCUT2D eigenvalue weighted by Crippen LogP contribution is -2.22. The molecule has 21 heavy (non-hydrogen) atoms. The molecule has 1 aliphatic rings. The van der Waals surface area contributed by atoms with E-state index >= 15 is 0 Å². The summed E-state index contributed by atoms with van der Waals surface area (Å²) in [7, 11) is 0. The summed E-state index contributed by atoms with van der Waals surface area (Å²) in [4.78, 5) is 21.6. The van der Waals surface area contributed by atoms with Gasteiger partial charge in [-0.1, -0.05) is 0 Å². The first-order valence-electron chi connectivity index (χ1n) is 7.01. The minimum atomic E-state index is -0.680. The fourth-order valence-corrected chi connectivity index (χ4v) is 2.39. The van der Waals surface area contributed by atoms with Crippen molar-refractivity contribution in [1.82, 2.24) is 0 Å². The maximum Gasteiger partial charge on any atom is 0.293 e. The van der Waals surface area contributed by atoms with Crippen molar-refractivity contribution in [2.75, 3.05) is 18.5 Å². The minimum Gasteiger partial charge on any atom is -0.379 e. The number of amides is 1. The van der Waals surface area contributed by atoms with Crippen LogP contribution < -0.4 is 11.1 Å². The average Bonchev–Trinajstić information content (AvgIpc) is 2.48. The summed E-state index contributed by atoms with van der Waals surface area (Å²) in [6.07, 6.45) is 4.32. The number of hydrogen-bond donors (Lipinski definition) is 2. The van der Waals surface area contributed by atoms with E-state index in [1.54, 1.807) is 0 Å². The lowest BCUT2D eigenvalue weighted by molar-refractivity contribution is -0.384. The molecule has 1 atom stereocenters. The van der Waals surface area contributed by atoms with Crippen molar-refractivity contribution in [3.05, 3.63) is 33.9 Å². The third kappa shape index (κ3) is 4.16. The zero-order valence-corrected chi connectivity index (χ0v) is 11.7. The number of carbonyl (C=O) groups excluding carboxylic acids is 1. The smallest absolute Gasteiger partial charge is 0.293 e. The van der Waals surface area contributed by atoms with Crippen LogP contribution in [0.2, 0.25) is 0 Å². The predicted molar refractivity (Wildman–Crippen MR) is 78.3 cm³/mol. The number of nitrogens with zero attached hydrogens (tertiary/aromatic N) is 1. The fourth-order valence-electron chi connectivity index (χ4n) is 2.39.